The van der Waals surface area contributed by atoms with Crippen LogP contribution in [0.4, 0.5) is 0 Å². The monoisotopic (exact) mass is 128 g/mol. The first-order valence-electron chi connectivity index (χ1n) is 3.69. The molecule has 9 heavy (non-hydrogen) atoms. The number of hydrogen-bond donors (Lipinski definition) is 1. The largest absolute Gasteiger partial charge is 0.365 e. The van der Waals surface area contributed by atoms with Crippen molar-refractivity contribution in [3.05, 3.63) is 0 Å². The molecule has 0 spiro atoms. The van der Waals surface area contributed by atoms with Crippen LogP contribution >= 0.6 is 0 Å². The summed E-state index contributed by atoms with van der Waals surface area (Å²) in [5.41, 5.74) is 0. The van der Waals surface area contributed by atoms with Gasteiger partial charge in [0.25, 0.3) is 0 Å². The third-order valence-electron chi connectivity index (χ3n) is 2.05. The highest BCUT2D eigenvalue weighted by atomic mass is 16.6. The van der Waals surface area contributed by atoms with Crippen molar-refractivity contribution in [2.24, 2.45) is 0 Å². The Kier molecular flexibility index (Phi) is 1.08. The van der Waals surface area contributed by atoms with E-state index in [1.807, 2.05) is 0 Å². The maximum atomic E-state index is 9.40. The van der Waals surface area contributed by atoms with Crippen molar-refractivity contribution in [1.82, 2.24) is 0 Å². The van der Waals surface area contributed by atoms with Crippen LogP contribution in [-0.4, -0.2) is 17.0 Å². The molecule has 2 nitrogen and oxygen atoms in total. The lowest BCUT2D eigenvalue weighted by Crippen LogP contribution is -2.40. The zero-order valence-corrected chi connectivity index (χ0v) is 5.47. The van der Waals surface area contributed by atoms with E-state index in [1.54, 1.807) is 0 Å². The molecule has 0 unspecified atom stereocenters. The second kappa shape index (κ2) is 1.70. The summed E-state index contributed by atoms with van der Waals surface area (Å²) < 4.78 is 5.34. The van der Waals surface area contributed by atoms with Gasteiger partial charge in [0.2, 0.25) is 0 Å². The summed E-state index contributed by atoms with van der Waals surface area (Å²) in [4.78, 5) is 0. The summed E-state index contributed by atoms with van der Waals surface area (Å²) in [5, 5.41) is 9.40. The number of hydrogen-bond acceptors (Lipinski definition) is 2. The summed E-state index contributed by atoms with van der Waals surface area (Å²) in [7, 11) is 0. The van der Waals surface area contributed by atoms with Gasteiger partial charge in [-0.2, -0.15) is 0 Å². The number of ether oxygens (including phenoxy) is 1. The number of aliphatic hydroxyl groups is 1. The van der Waals surface area contributed by atoms with Crippen LogP contribution in [0.5, 0.6) is 0 Å². The van der Waals surface area contributed by atoms with E-state index in [1.165, 1.54) is 0 Å². The van der Waals surface area contributed by atoms with Crippen LogP contribution in [0.1, 0.15) is 32.1 Å². The Bertz CT molecular complexity index is 114. The SMILES string of the molecule is OC1(OC2CC2)CCC1. The predicted molar refractivity (Wildman–Crippen MR) is 32.9 cm³/mol. The molecule has 0 saturated heterocycles. The zero-order valence-electron chi connectivity index (χ0n) is 5.47. The van der Waals surface area contributed by atoms with E-state index in [0.717, 1.165) is 32.1 Å². The van der Waals surface area contributed by atoms with Gasteiger partial charge < -0.3 is 9.84 Å². The minimum absolute atomic E-state index is 0.398. The second-order valence-corrected chi connectivity index (χ2v) is 3.12. The summed E-state index contributed by atoms with van der Waals surface area (Å²) in [6, 6.07) is 0. The molecule has 2 rings (SSSR count). The van der Waals surface area contributed by atoms with Crippen molar-refractivity contribution in [3.8, 4) is 0 Å². The Hall–Kier alpha value is -0.0800. The molecule has 0 aromatic heterocycles. The highest BCUT2D eigenvalue weighted by Gasteiger charge is 2.40. The summed E-state index contributed by atoms with van der Waals surface area (Å²) >= 11 is 0. The standard InChI is InChI=1S/C7H12O2/c8-7(4-1-5-7)9-6-2-3-6/h6,8H,1-5H2. The first-order valence-corrected chi connectivity index (χ1v) is 3.69. The van der Waals surface area contributed by atoms with Gasteiger partial charge in [-0.1, -0.05) is 0 Å². The molecule has 0 aromatic carbocycles. The lowest BCUT2D eigenvalue weighted by Gasteiger charge is -2.36. The second-order valence-electron chi connectivity index (χ2n) is 3.12. The van der Waals surface area contributed by atoms with Crippen molar-refractivity contribution in [2.45, 2.75) is 44.0 Å². The van der Waals surface area contributed by atoms with Crippen LogP contribution in [0.3, 0.4) is 0 Å². The van der Waals surface area contributed by atoms with E-state index in [4.69, 9.17) is 4.74 Å². The van der Waals surface area contributed by atoms with E-state index in [0.29, 0.717) is 6.10 Å². The van der Waals surface area contributed by atoms with Gasteiger partial charge in [-0.25, -0.2) is 0 Å². The van der Waals surface area contributed by atoms with Crippen LogP contribution < -0.4 is 0 Å². The molecular formula is C7H12O2. The maximum Gasteiger partial charge on any atom is 0.165 e. The molecule has 0 aromatic rings. The Balaban J connectivity index is 1.81. The fraction of sp³-hybridized carbons (Fsp3) is 1.00. The lowest BCUT2D eigenvalue weighted by molar-refractivity contribution is -0.253. The molecule has 0 radical (unpaired) electrons. The Morgan fingerprint density at radius 3 is 2.33 bits per heavy atom. The van der Waals surface area contributed by atoms with Crippen LogP contribution in [0.15, 0.2) is 0 Å². The Morgan fingerprint density at radius 2 is 2.00 bits per heavy atom. The molecule has 2 saturated carbocycles. The van der Waals surface area contributed by atoms with Gasteiger partial charge in [0.15, 0.2) is 5.79 Å². The van der Waals surface area contributed by atoms with Crippen LogP contribution in [0.2, 0.25) is 0 Å². The highest BCUT2D eigenvalue weighted by molar-refractivity contribution is 4.83. The van der Waals surface area contributed by atoms with Crippen molar-refractivity contribution in [2.75, 3.05) is 0 Å². The van der Waals surface area contributed by atoms with Crippen LogP contribution in [0, 0.1) is 0 Å². The van der Waals surface area contributed by atoms with Gasteiger partial charge in [-0.05, 0) is 19.3 Å². The molecule has 2 aliphatic rings. The topological polar surface area (TPSA) is 29.5 Å². The zero-order chi connectivity index (χ0) is 6.32. The van der Waals surface area contributed by atoms with Crippen molar-refractivity contribution >= 4 is 0 Å². The molecule has 2 heteroatoms. The van der Waals surface area contributed by atoms with Crippen molar-refractivity contribution < 1.29 is 9.84 Å². The summed E-state index contributed by atoms with van der Waals surface area (Å²) in [6.07, 6.45) is 5.54. The fourth-order valence-electron chi connectivity index (χ4n) is 1.09. The van der Waals surface area contributed by atoms with E-state index in [9.17, 15) is 5.11 Å². The minimum atomic E-state index is -0.693. The predicted octanol–water partition coefficient (Wildman–Crippen LogP) is 1.04. The molecule has 2 fully saturated rings. The molecule has 0 bridgehead atoms. The highest BCUT2D eigenvalue weighted by Crippen LogP contribution is 2.38. The van der Waals surface area contributed by atoms with Crippen LogP contribution in [0.25, 0.3) is 0 Å². The smallest absolute Gasteiger partial charge is 0.165 e. The van der Waals surface area contributed by atoms with E-state index in [-0.39, 0.29) is 0 Å². The third-order valence-corrected chi connectivity index (χ3v) is 2.05. The normalized spacial score (nSPS) is 31.7. The average Bonchev–Trinajstić information content (AvgIpc) is 2.46. The molecule has 0 amide bonds. The molecule has 0 aliphatic heterocycles. The first-order chi connectivity index (χ1) is 4.29. The average molecular weight is 128 g/mol. The molecule has 2 aliphatic carbocycles. The van der Waals surface area contributed by atoms with Crippen LogP contribution in [-0.2, 0) is 4.74 Å². The molecule has 52 valence electrons. The van der Waals surface area contributed by atoms with Gasteiger partial charge >= 0.3 is 0 Å². The summed E-state index contributed by atoms with van der Waals surface area (Å²) in [6.45, 7) is 0. The first kappa shape index (κ1) is 5.69. The van der Waals surface area contributed by atoms with Crippen molar-refractivity contribution in [1.29, 1.82) is 0 Å². The fourth-order valence-corrected chi connectivity index (χ4v) is 1.09. The van der Waals surface area contributed by atoms with Gasteiger partial charge in [0.05, 0.1) is 6.10 Å². The molecule has 0 atom stereocenters. The van der Waals surface area contributed by atoms with E-state index in [2.05, 4.69) is 0 Å². The Labute approximate surface area is 54.8 Å². The lowest BCUT2D eigenvalue weighted by atomic mass is 9.91. The minimum Gasteiger partial charge on any atom is -0.365 e. The maximum absolute atomic E-state index is 9.40. The Morgan fingerprint density at radius 1 is 1.33 bits per heavy atom. The third kappa shape index (κ3) is 1.10. The quantitative estimate of drug-likeness (QED) is 0.563. The molecule has 0 heterocycles. The van der Waals surface area contributed by atoms with Gasteiger partial charge in [0.1, 0.15) is 0 Å². The van der Waals surface area contributed by atoms with Gasteiger partial charge in [0, 0.05) is 12.8 Å². The van der Waals surface area contributed by atoms with E-state index >= 15 is 0 Å². The van der Waals surface area contributed by atoms with Gasteiger partial charge in [-0.3, -0.25) is 0 Å². The summed E-state index contributed by atoms with van der Waals surface area (Å²) in [5.74, 6) is -0.693. The number of rotatable bonds is 2. The van der Waals surface area contributed by atoms with Crippen molar-refractivity contribution in [3.63, 3.8) is 0 Å². The van der Waals surface area contributed by atoms with E-state index < -0.39 is 5.79 Å². The molecule has 1 N–H and O–H groups in total. The molecular weight excluding hydrogens is 116 g/mol. The van der Waals surface area contributed by atoms with Gasteiger partial charge in [-0.15, -0.1) is 0 Å².